The molecule has 1 saturated carbocycles. The summed E-state index contributed by atoms with van der Waals surface area (Å²) in [4.78, 5) is 26.0. The summed E-state index contributed by atoms with van der Waals surface area (Å²) in [6.07, 6.45) is -0.680. The summed E-state index contributed by atoms with van der Waals surface area (Å²) in [5, 5.41) is 11.8. The molecule has 1 aliphatic carbocycles. The van der Waals surface area contributed by atoms with E-state index in [4.69, 9.17) is 16.6 Å². The minimum absolute atomic E-state index is 0.0723. The maximum absolute atomic E-state index is 13.5. The fourth-order valence-corrected chi connectivity index (χ4v) is 5.65. The van der Waals surface area contributed by atoms with Crippen molar-refractivity contribution in [3.05, 3.63) is 93.1 Å². The third-order valence-corrected chi connectivity index (χ3v) is 7.63. The number of hydrogen-bond acceptors (Lipinski definition) is 6. The first-order valence-corrected chi connectivity index (χ1v) is 12.5. The topological polar surface area (TPSA) is 107 Å². The van der Waals surface area contributed by atoms with Gasteiger partial charge in [0.15, 0.2) is 0 Å². The number of imidazole rings is 1. The highest BCUT2D eigenvalue weighted by Crippen LogP contribution is 2.59. The summed E-state index contributed by atoms with van der Waals surface area (Å²) < 4.78 is 43.5. The quantitative estimate of drug-likeness (QED) is 0.339. The van der Waals surface area contributed by atoms with Gasteiger partial charge in [-0.1, -0.05) is 23.7 Å². The number of fused-ring (bicyclic) bond motifs is 3. The van der Waals surface area contributed by atoms with E-state index in [2.05, 4.69) is 25.5 Å². The second-order valence-corrected chi connectivity index (χ2v) is 10.2. The number of aromatic nitrogens is 8. The third-order valence-electron chi connectivity index (χ3n) is 7.39. The number of alkyl halides is 3. The Hall–Kier alpha value is -4.32. The monoisotopic (exact) mass is 550 g/mol. The number of rotatable bonds is 4. The number of nitrogens with zero attached hydrogens (tertiary/aromatic N) is 7. The standard InChI is InChI=1S/C26H18ClF3N8O/c1-12-2-3-13(6-18(12)26(28,29)30)20-10-31-24(33-20)23-15-8-16(15)25-34-19(9-22(39)38(23)25)17-7-14(27)4-5-21(17)37-11-32-35-36-37/h2-7,9-11,15-16,23H,8H2,1H3,(H,31,33). The lowest BCUT2D eigenvalue weighted by molar-refractivity contribution is -0.138. The Bertz CT molecular complexity index is 1810. The largest absolute Gasteiger partial charge is 0.416 e. The third kappa shape index (κ3) is 3.85. The van der Waals surface area contributed by atoms with Gasteiger partial charge >= 0.3 is 6.18 Å². The number of halogens is 4. The number of aromatic amines is 1. The molecule has 3 aromatic heterocycles. The molecule has 1 N–H and O–H groups in total. The van der Waals surface area contributed by atoms with Crippen LogP contribution in [0.4, 0.5) is 13.2 Å². The molecule has 0 spiro atoms. The molecular weight excluding hydrogens is 533 g/mol. The fourth-order valence-electron chi connectivity index (χ4n) is 5.48. The molecule has 39 heavy (non-hydrogen) atoms. The first-order chi connectivity index (χ1) is 18.7. The molecule has 1 fully saturated rings. The van der Waals surface area contributed by atoms with Gasteiger partial charge in [-0.3, -0.25) is 9.36 Å². The van der Waals surface area contributed by atoms with E-state index >= 15 is 0 Å². The van der Waals surface area contributed by atoms with Crippen LogP contribution in [-0.4, -0.2) is 39.7 Å². The van der Waals surface area contributed by atoms with Crippen molar-refractivity contribution in [1.29, 1.82) is 0 Å². The Morgan fingerprint density at radius 2 is 1.97 bits per heavy atom. The molecule has 2 aliphatic rings. The van der Waals surface area contributed by atoms with E-state index in [-0.39, 0.29) is 23.0 Å². The van der Waals surface area contributed by atoms with Crippen LogP contribution in [0.15, 0.2) is 59.8 Å². The molecule has 5 aromatic rings. The van der Waals surface area contributed by atoms with Gasteiger partial charge in [-0.25, -0.2) is 9.97 Å². The van der Waals surface area contributed by atoms with Gasteiger partial charge in [0.05, 0.1) is 34.9 Å². The lowest BCUT2D eigenvalue weighted by Gasteiger charge is -2.17. The zero-order valence-electron chi connectivity index (χ0n) is 20.2. The second kappa shape index (κ2) is 8.34. The smallest absolute Gasteiger partial charge is 0.340 e. The second-order valence-electron chi connectivity index (χ2n) is 9.78. The number of aryl methyl sites for hydroxylation is 1. The van der Waals surface area contributed by atoms with Gasteiger partial charge in [-0.05, 0) is 59.5 Å². The van der Waals surface area contributed by atoms with Crippen molar-refractivity contribution in [3.63, 3.8) is 0 Å². The van der Waals surface area contributed by atoms with Crippen LogP contribution in [0.1, 0.15) is 41.2 Å². The molecule has 3 unspecified atom stereocenters. The Morgan fingerprint density at radius 1 is 1.13 bits per heavy atom. The Balaban J connectivity index is 1.28. The molecule has 0 amide bonds. The molecule has 1 aliphatic heterocycles. The average Bonchev–Trinajstić information content (AvgIpc) is 3.25. The zero-order chi connectivity index (χ0) is 27.1. The van der Waals surface area contributed by atoms with Gasteiger partial charge in [0.1, 0.15) is 18.0 Å². The normalized spacial score (nSPS) is 19.7. The van der Waals surface area contributed by atoms with Crippen molar-refractivity contribution < 1.29 is 13.2 Å². The van der Waals surface area contributed by atoms with Gasteiger partial charge in [0.25, 0.3) is 5.56 Å². The lowest BCUT2D eigenvalue weighted by Crippen LogP contribution is -2.27. The van der Waals surface area contributed by atoms with Crippen LogP contribution in [0, 0.1) is 12.8 Å². The van der Waals surface area contributed by atoms with Crippen LogP contribution >= 0.6 is 11.6 Å². The van der Waals surface area contributed by atoms with Crippen LogP contribution in [-0.2, 0) is 6.18 Å². The first kappa shape index (κ1) is 23.8. The summed E-state index contributed by atoms with van der Waals surface area (Å²) in [6, 6.07) is 10.4. The van der Waals surface area contributed by atoms with Crippen molar-refractivity contribution in [1.82, 2.24) is 39.7 Å². The maximum Gasteiger partial charge on any atom is 0.416 e. The van der Waals surface area contributed by atoms with Crippen molar-refractivity contribution in [2.24, 2.45) is 5.92 Å². The number of tetrazole rings is 1. The van der Waals surface area contributed by atoms with Crippen molar-refractivity contribution >= 4 is 11.6 Å². The van der Waals surface area contributed by atoms with Crippen molar-refractivity contribution in [3.8, 4) is 28.2 Å². The molecule has 7 rings (SSSR count). The van der Waals surface area contributed by atoms with Crippen LogP contribution in [0.2, 0.25) is 5.02 Å². The van der Waals surface area contributed by atoms with Gasteiger partial charge < -0.3 is 4.98 Å². The van der Waals surface area contributed by atoms with E-state index in [9.17, 15) is 18.0 Å². The minimum atomic E-state index is -4.46. The molecule has 2 aromatic carbocycles. The van der Waals surface area contributed by atoms with Gasteiger partial charge in [0.2, 0.25) is 0 Å². The fraction of sp³-hybridized carbons (Fsp3) is 0.231. The van der Waals surface area contributed by atoms with Crippen LogP contribution < -0.4 is 5.56 Å². The predicted molar refractivity (Wildman–Crippen MR) is 134 cm³/mol. The number of benzene rings is 2. The molecule has 196 valence electrons. The van der Waals surface area contributed by atoms with Crippen LogP contribution in [0.25, 0.3) is 28.2 Å². The van der Waals surface area contributed by atoms with E-state index in [1.807, 2.05) is 0 Å². The summed E-state index contributed by atoms with van der Waals surface area (Å²) in [7, 11) is 0. The minimum Gasteiger partial charge on any atom is -0.340 e. The highest BCUT2D eigenvalue weighted by Gasteiger charge is 2.55. The van der Waals surface area contributed by atoms with Crippen molar-refractivity contribution in [2.75, 3.05) is 0 Å². The first-order valence-electron chi connectivity index (χ1n) is 12.1. The summed E-state index contributed by atoms with van der Waals surface area (Å²) in [5.74, 6) is 1.34. The number of hydrogen-bond donors (Lipinski definition) is 1. The average molecular weight is 551 g/mol. The summed E-state index contributed by atoms with van der Waals surface area (Å²) in [6.45, 7) is 1.43. The van der Waals surface area contributed by atoms with Crippen LogP contribution in [0.3, 0.4) is 0 Å². The van der Waals surface area contributed by atoms with E-state index in [1.54, 1.807) is 28.8 Å². The highest BCUT2D eigenvalue weighted by atomic mass is 35.5. The Morgan fingerprint density at radius 3 is 2.74 bits per heavy atom. The van der Waals surface area contributed by atoms with Gasteiger partial charge in [-0.15, -0.1) is 5.10 Å². The molecule has 0 bridgehead atoms. The molecular formula is C26H18ClF3N8O. The van der Waals surface area contributed by atoms with E-state index < -0.39 is 17.8 Å². The Labute approximate surface area is 223 Å². The van der Waals surface area contributed by atoms with Crippen molar-refractivity contribution in [2.45, 2.75) is 31.5 Å². The molecule has 4 heterocycles. The number of H-pyrrole nitrogens is 1. The molecule has 9 nitrogen and oxygen atoms in total. The highest BCUT2D eigenvalue weighted by molar-refractivity contribution is 6.31. The zero-order valence-corrected chi connectivity index (χ0v) is 20.9. The van der Waals surface area contributed by atoms with Crippen LogP contribution in [0.5, 0.6) is 0 Å². The maximum atomic E-state index is 13.5. The molecule has 0 saturated heterocycles. The molecule has 3 atom stereocenters. The van der Waals surface area contributed by atoms with Gasteiger partial charge in [-0.2, -0.15) is 17.9 Å². The molecule has 0 radical (unpaired) electrons. The lowest BCUT2D eigenvalue weighted by atomic mass is 10.0. The van der Waals surface area contributed by atoms with E-state index in [0.717, 1.165) is 12.5 Å². The number of nitrogens with one attached hydrogen (secondary N) is 1. The summed E-state index contributed by atoms with van der Waals surface area (Å²) in [5.41, 5.74) is 1.68. The van der Waals surface area contributed by atoms with E-state index in [1.165, 1.54) is 36.3 Å². The SMILES string of the molecule is Cc1ccc(-c2cnc(C3C4CC4c4nc(-c5cc(Cl)ccc5-n5cnnn5)cc(=O)n43)[nH]2)cc1C(F)(F)F. The van der Waals surface area contributed by atoms with Gasteiger partial charge in [0, 0.05) is 28.1 Å². The Kier molecular flexibility index (Phi) is 5.08. The molecule has 13 heteroatoms. The predicted octanol–water partition coefficient (Wildman–Crippen LogP) is 4.96. The summed E-state index contributed by atoms with van der Waals surface area (Å²) >= 11 is 6.27. The van der Waals surface area contributed by atoms with E-state index in [0.29, 0.717) is 44.9 Å².